The van der Waals surface area contributed by atoms with Gasteiger partial charge < -0.3 is 4.74 Å². The van der Waals surface area contributed by atoms with Gasteiger partial charge >= 0.3 is 0 Å². The topological polar surface area (TPSA) is 9.23 Å². The smallest absolute Gasteiger partial charge is 0.0465 e. The van der Waals surface area contributed by atoms with Gasteiger partial charge in [0.2, 0.25) is 0 Å². The van der Waals surface area contributed by atoms with Crippen molar-refractivity contribution in [2.24, 2.45) is 11.8 Å². The van der Waals surface area contributed by atoms with Crippen LogP contribution in [0.3, 0.4) is 0 Å². The summed E-state index contributed by atoms with van der Waals surface area (Å²) in [5.74, 6) is 1.78. The summed E-state index contributed by atoms with van der Waals surface area (Å²) in [6.07, 6.45) is 6.70. The molecule has 0 aliphatic rings. The maximum Gasteiger partial charge on any atom is 0.0465 e. The van der Waals surface area contributed by atoms with E-state index in [2.05, 4.69) is 27.7 Å². The molecule has 0 radical (unpaired) electrons. The molecule has 0 aromatic heterocycles. The standard InChI is InChI=1S/C13H28O/c1-5-8-13(11-12(3)4)9-7-10-14-6-2/h12-13H,5-11H2,1-4H3. The lowest BCUT2D eigenvalue weighted by Gasteiger charge is -2.18. The van der Waals surface area contributed by atoms with Gasteiger partial charge in [-0.15, -0.1) is 0 Å². The molecular weight excluding hydrogens is 172 g/mol. The van der Waals surface area contributed by atoms with Gasteiger partial charge in [-0.1, -0.05) is 33.6 Å². The first kappa shape index (κ1) is 14.0. The van der Waals surface area contributed by atoms with Gasteiger partial charge in [-0.05, 0) is 38.0 Å². The minimum atomic E-state index is 0.846. The quantitative estimate of drug-likeness (QED) is 0.505. The van der Waals surface area contributed by atoms with E-state index >= 15 is 0 Å². The molecule has 1 unspecified atom stereocenters. The molecule has 86 valence electrons. The fourth-order valence-electron chi connectivity index (χ4n) is 2.07. The molecule has 0 N–H and O–H groups in total. The van der Waals surface area contributed by atoms with E-state index in [0.717, 1.165) is 25.0 Å². The van der Waals surface area contributed by atoms with Crippen LogP contribution < -0.4 is 0 Å². The van der Waals surface area contributed by atoms with Crippen molar-refractivity contribution in [2.45, 2.75) is 59.8 Å². The van der Waals surface area contributed by atoms with Crippen LogP contribution in [0.15, 0.2) is 0 Å². The van der Waals surface area contributed by atoms with Gasteiger partial charge in [0.25, 0.3) is 0 Å². The third-order valence-electron chi connectivity index (χ3n) is 2.61. The van der Waals surface area contributed by atoms with E-state index < -0.39 is 0 Å². The highest BCUT2D eigenvalue weighted by atomic mass is 16.5. The number of hydrogen-bond donors (Lipinski definition) is 0. The zero-order valence-corrected chi connectivity index (χ0v) is 10.5. The first-order valence-corrected chi connectivity index (χ1v) is 6.28. The molecule has 0 aromatic rings. The Bertz CT molecular complexity index is 110. The van der Waals surface area contributed by atoms with E-state index in [4.69, 9.17) is 4.74 Å². The fraction of sp³-hybridized carbons (Fsp3) is 1.00. The molecule has 0 aromatic carbocycles. The van der Waals surface area contributed by atoms with Crippen molar-refractivity contribution < 1.29 is 4.74 Å². The molecular formula is C13H28O. The third-order valence-corrected chi connectivity index (χ3v) is 2.61. The molecule has 0 rings (SSSR count). The summed E-state index contributed by atoms with van der Waals surface area (Å²) in [6.45, 7) is 10.8. The molecule has 0 aliphatic carbocycles. The molecule has 1 atom stereocenters. The molecule has 0 spiro atoms. The number of rotatable bonds is 9. The number of ether oxygens (including phenoxy) is 1. The van der Waals surface area contributed by atoms with Gasteiger partial charge in [0, 0.05) is 13.2 Å². The van der Waals surface area contributed by atoms with Crippen LogP contribution in [0.5, 0.6) is 0 Å². The highest BCUT2D eigenvalue weighted by Gasteiger charge is 2.09. The average molecular weight is 200 g/mol. The lowest BCUT2D eigenvalue weighted by atomic mass is 9.89. The summed E-state index contributed by atoms with van der Waals surface area (Å²) in [5, 5.41) is 0. The zero-order valence-electron chi connectivity index (χ0n) is 10.5. The first-order chi connectivity index (χ1) is 6.70. The van der Waals surface area contributed by atoms with Crippen LogP contribution in [0.25, 0.3) is 0 Å². The Hall–Kier alpha value is -0.0400. The maximum atomic E-state index is 5.37. The lowest BCUT2D eigenvalue weighted by molar-refractivity contribution is 0.137. The van der Waals surface area contributed by atoms with E-state index in [0.29, 0.717) is 0 Å². The second-order valence-corrected chi connectivity index (χ2v) is 4.62. The monoisotopic (exact) mass is 200 g/mol. The molecule has 0 aliphatic heterocycles. The molecule has 1 heteroatoms. The highest BCUT2D eigenvalue weighted by molar-refractivity contribution is 4.61. The zero-order chi connectivity index (χ0) is 10.8. The summed E-state index contributed by atoms with van der Waals surface area (Å²) in [5.41, 5.74) is 0. The number of hydrogen-bond acceptors (Lipinski definition) is 1. The minimum absolute atomic E-state index is 0.846. The van der Waals surface area contributed by atoms with Gasteiger partial charge in [0.15, 0.2) is 0 Å². The molecule has 0 fully saturated rings. The van der Waals surface area contributed by atoms with E-state index in [1.807, 2.05) is 0 Å². The van der Waals surface area contributed by atoms with Gasteiger partial charge in [0.05, 0.1) is 0 Å². The molecule has 0 saturated carbocycles. The van der Waals surface area contributed by atoms with E-state index in [9.17, 15) is 0 Å². The minimum Gasteiger partial charge on any atom is -0.382 e. The second kappa shape index (κ2) is 9.51. The van der Waals surface area contributed by atoms with Crippen LogP contribution in [0, 0.1) is 11.8 Å². The third kappa shape index (κ3) is 8.55. The van der Waals surface area contributed by atoms with Crippen LogP contribution >= 0.6 is 0 Å². The summed E-state index contributed by atoms with van der Waals surface area (Å²) in [6, 6.07) is 0. The Morgan fingerprint density at radius 1 is 1.07 bits per heavy atom. The Labute approximate surface area is 90.2 Å². The van der Waals surface area contributed by atoms with Crippen LogP contribution in [0.4, 0.5) is 0 Å². The van der Waals surface area contributed by atoms with Crippen LogP contribution in [-0.4, -0.2) is 13.2 Å². The van der Waals surface area contributed by atoms with Crippen molar-refractivity contribution >= 4 is 0 Å². The molecule has 14 heavy (non-hydrogen) atoms. The molecule has 0 heterocycles. The van der Waals surface area contributed by atoms with Crippen molar-refractivity contribution in [2.75, 3.05) is 13.2 Å². The Balaban J connectivity index is 3.51. The van der Waals surface area contributed by atoms with Crippen molar-refractivity contribution in [1.82, 2.24) is 0 Å². The van der Waals surface area contributed by atoms with Crippen molar-refractivity contribution in [3.63, 3.8) is 0 Å². The summed E-state index contributed by atoms with van der Waals surface area (Å²) in [4.78, 5) is 0. The van der Waals surface area contributed by atoms with Crippen LogP contribution in [0.2, 0.25) is 0 Å². The van der Waals surface area contributed by atoms with Gasteiger partial charge in [-0.25, -0.2) is 0 Å². The van der Waals surface area contributed by atoms with E-state index in [-0.39, 0.29) is 0 Å². The molecule has 0 amide bonds. The lowest BCUT2D eigenvalue weighted by Crippen LogP contribution is -2.06. The molecule has 0 saturated heterocycles. The predicted octanol–water partition coefficient (Wildman–Crippen LogP) is 4.27. The van der Waals surface area contributed by atoms with Gasteiger partial charge in [0.1, 0.15) is 0 Å². The van der Waals surface area contributed by atoms with Crippen molar-refractivity contribution in [3.05, 3.63) is 0 Å². The molecule has 1 nitrogen and oxygen atoms in total. The van der Waals surface area contributed by atoms with Crippen molar-refractivity contribution in [3.8, 4) is 0 Å². The van der Waals surface area contributed by atoms with Gasteiger partial charge in [-0.2, -0.15) is 0 Å². The maximum absolute atomic E-state index is 5.37. The predicted molar refractivity (Wildman–Crippen MR) is 63.6 cm³/mol. The van der Waals surface area contributed by atoms with Gasteiger partial charge in [-0.3, -0.25) is 0 Å². The van der Waals surface area contributed by atoms with Crippen LogP contribution in [0.1, 0.15) is 59.8 Å². The van der Waals surface area contributed by atoms with Crippen LogP contribution in [-0.2, 0) is 4.74 Å². The highest BCUT2D eigenvalue weighted by Crippen LogP contribution is 2.21. The van der Waals surface area contributed by atoms with E-state index in [1.165, 1.54) is 32.1 Å². The summed E-state index contributed by atoms with van der Waals surface area (Å²) < 4.78 is 5.37. The average Bonchev–Trinajstić information content (AvgIpc) is 2.12. The SMILES string of the molecule is CCCC(CCCOCC)CC(C)C. The summed E-state index contributed by atoms with van der Waals surface area (Å²) >= 11 is 0. The Morgan fingerprint density at radius 2 is 1.79 bits per heavy atom. The Morgan fingerprint density at radius 3 is 2.29 bits per heavy atom. The normalized spacial score (nSPS) is 13.5. The van der Waals surface area contributed by atoms with Crippen molar-refractivity contribution in [1.29, 1.82) is 0 Å². The first-order valence-electron chi connectivity index (χ1n) is 6.28. The second-order valence-electron chi connectivity index (χ2n) is 4.62. The fourth-order valence-corrected chi connectivity index (χ4v) is 2.07. The summed E-state index contributed by atoms with van der Waals surface area (Å²) in [7, 11) is 0. The largest absolute Gasteiger partial charge is 0.382 e. The molecule has 0 bridgehead atoms. The van der Waals surface area contributed by atoms with E-state index in [1.54, 1.807) is 0 Å². The Kier molecular flexibility index (Phi) is 9.49.